The molecule has 0 amide bonds. The van der Waals surface area contributed by atoms with Gasteiger partial charge < -0.3 is 9.64 Å². The van der Waals surface area contributed by atoms with Gasteiger partial charge in [0.1, 0.15) is 13.5 Å². The summed E-state index contributed by atoms with van der Waals surface area (Å²) in [5.74, 6) is 0.659. The van der Waals surface area contributed by atoms with E-state index in [1.165, 1.54) is 12.8 Å². The van der Waals surface area contributed by atoms with E-state index in [2.05, 4.69) is 10.3 Å². The average Bonchev–Trinajstić information content (AvgIpc) is 2.89. The second-order valence-electron chi connectivity index (χ2n) is 2.88. The van der Waals surface area contributed by atoms with Crippen LogP contribution in [-0.2, 0) is 4.74 Å². The molecule has 12 heavy (non-hydrogen) atoms. The first-order valence-electron chi connectivity index (χ1n) is 3.96. The predicted molar refractivity (Wildman–Crippen MR) is 41.9 cm³/mol. The Morgan fingerprint density at radius 2 is 2.50 bits per heavy atom. The number of nitrogens with one attached hydrogen (secondary N) is 1. The molecule has 1 saturated carbocycles. The third-order valence-electron chi connectivity index (χ3n) is 1.96. The zero-order valence-electron chi connectivity index (χ0n) is 6.66. The number of ether oxygens (including phenoxy) is 1. The summed E-state index contributed by atoms with van der Waals surface area (Å²) in [6.07, 6.45) is 4.22. The van der Waals surface area contributed by atoms with Crippen LogP contribution in [0.2, 0.25) is 0 Å². The third kappa shape index (κ3) is 1.34. The highest BCUT2D eigenvalue weighted by Crippen LogP contribution is 2.27. The monoisotopic (exact) mass is 166 g/mol. The number of nitriles is 1. The third-order valence-corrected chi connectivity index (χ3v) is 1.96. The van der Waals surface area contributed by atoms with Crippen LogP contribution in [0.15, 0.2) is 4.99 Å². The average molecular weight is 166 g/mol. The molecular weight excluding hydrogens is 156 g/mol. The number of nitrogens with zero attached hydrogens (tertiary/aromatic N) is 3. The lowest BCUT2D eigenvalue weighted by atomic mass is 10.5. The van der Waals surface area contributed by atoms with Crippen LogP contribution in [0.3, 0.4) is 0 Å². The van der Waals surface area contributed by atoms with Gasteiger partial charge in [-0.25, -0.2) is 4.99 Å². The van der Waals surface area contributed by atoms with Crippen LogP contribution < -0.4 is 5.32 Å². The van der Waals surface area contributed by atoms with Gasteiger partial charge >= 0.3 is 0 Å². The molecule has 0 aromatic rings. The Hall–Kier alpha value is -1.28. The maximum absolute atomic E-state index is 8.43. The molecule has 0 aromatic carbocycles. The lowest BCUT2D eigenvalue weighted by molar-refractivity contribution is 0.0480. The fourth-order valence-electron chi connectivity index (χ4n) is 1.22. The molecule has 0 aromatic heterocycles. The van der Waals surface area contributed by atoms with Crippen molar-refractivity contribution in [3.05, 3.63) is 0 Å². The molecule has 0 unspecified atom stereocenters. The van der Waals surface area contributed by atoms with Gasteiger partial charge in [-0.2, -0.15) is 5.26 Å². The molecule has 2 rings (SSSR count). The smallest absolute Gasteiger partial charge is 0.211 e. The van der Waals surface area contributed by atoms with Gasteiger partial charge in [-0.05, 0) is 12.8 Å². The number of rotatable bonds is 1. The minimum atomic E-state index is 0.354. The molecule has 2 aliphatic rings. The lowest BCUT2D eigenvalue weighted by Crippen LogP contribution is -2.45. The fraction of sp³-hybridized carbons (Fsp3) is 0.714. The largest absolute Gasteiger partial charge is 0.339 e. The van der Waals surface area contributed by atoms with E-state index in [4.69, 9.17) is 10.00 Å². The Bertz CT molecular complexity index is 240. The van der Waals surface area contributed by atoms with Crippen molar-refractivity contribution in [1.29, 1.82) is 5.26 Å². The van der Waals surface area contributed by atoms with Crippen molar-refractivity contribution in [3.8, 4) is 6.19 Å². The Labute approximate surface area is 70.6 Å². The highest BCUT2D eigenvalue weighted by atomic mass is 16.5. The van der Waals surface area contributed by atoms with E-state index in [9.17, 15) is 0 Å². The van der Waals surface area contributed by atoms with Gasteiger partial charge in [0.2, 0.25) is 5.96 Å². The maximum Gasteiger partial charge on any atom is 0.211 e. The Kier molecular flexibility index (Phi) is 1.84. The van der Waals surface area contributed by atoms with Crippen molar-refractivity contribution in [2.45, 2.75) is 18.9 Å². The van der Waals surface area contributed by atoms with Gasteiger partial charge in [0.25, 0.3) is 0 Å². The van der Waals surface area contributed by atoms with Gasteiger partial charge in [-0.3, -0.25) is 5.32 Å². The second kappa shape index (κ2) is 2.99. The summed E-state index contributed by atoms with van der Waals surface area (Å²) in [6, 6.07) is 0.532. The fourth-order valence-corrected chi connectivity index (χ4v) is 1.22. The molecule has 1 fully saturated rings. The van der Waals surface area contributed by atoms with E-state index in [0.29, 0.717) is 25.5 Å². The van der Waals surface area contributed by atoms with Crippen molar-refractivity contribution in [2.24, 2.45) is 4.99 Å². The Balaban J connectivity index is 2.04. The minimum absolute atomic E-state index is 0.354. The zero-order valence-corrected chi connectivity index (χ0v) is 6.66. The summed E-state index contributed by atoms with van der Waals surface area (Å²) in [5, 5.41) is 11.0. The molecule has 0 spiro atoms. The van der Waals surface area contributed by atoms with E-state index in [0.717, 1.165) is 0 Å². The molecule has 5 heteroatoms. The predicted octanol–water partition coefficient (Wildman–Crippen LogP) is -0.177. The summed E-state index contributed by atoms with van der Waals surface area (Å²) in [7, 11) is 0. The lowest BCUT2D eigenvalue weighted by Gasteiger charge is -2.27. The number of aliphatic imine (C=N–C) groups is 1. The summed E-state index contributed by atoms with van der Waals surface area (Å²) >= 11 is 0. The van der Waals surface area contributed by atoms with Gasteiger partial charge in [0.15, 0.2) is 6.19 Å². The molecular formula is C7H10N4O. The van der Waals surface area contributed by atoms with E-state index in [1.807, 2.05) is 11.1 Å². The molecule has 0 atom stereocenters. The summed E-state index contributed by atoms with van der Waals surface area (Å²) < 4.78 is 5.15. The summed E-state index contributed by atoms with van der Waals surface area (Å²) in [6.45, 7) is 0.908. The molecule has 0 bridgehead atoms. The normalized spacial score (nSPS) is 22.9. The van der Waals surface area contributed by atoms with Crippen LogP contribution in [0.5, 0.6) is 0 Å². The van der Waals surface area contributed by atoms with Crippen LogP contribution >= 0.6 is 0 Å². The first-order valence-corrected chi connectivity index (χ1v) is 3.96. The second-order valence-corrected chi connectivity index (χ2v) is 2.88. The van der Waals surface area contributed by atoms with Crippen LogP contribution in [0.1, 0.15) is 12.8 Å². The van der Waals surface area contributed by atoms with Gasteiger partial charge in [0, 0.05) is 6.04 Å². The molecule has 64 valence electrons. The van der Waals surface area contributed by atoms with Gasteiger partial charge in [-0.1, -0.05) is 0 Å². The van der Waals surface area contributed by atoms with Crippen molar-refractivity contribution in [3.63, 3.8) is 0 Å². The van der Waals surface area contributed by atoms with Crippen LogP contribution in [-0.4, -0.2) is 30.4 Å². The summed E-state index contributed by atoms with van der Waals surface area (Å²) in [5.41, 5.74) is 0. The van der Waals surface area contributed by atoms with Crippen LogP contribution in [0, 0.1) is 11.5 Å². The maximum atomic E-state index is 8.43. The number of hydrogen-bond donors (Lipinski definition) is 1. The number of guanidine groups is 1. The quantitative estimate of drug-likeness (QED) is 0.433. The van der Waals surface area contributed by atoms with Crippen molar-refractivity contribution < 1.29 is 4.74 Å². The molecule has 1 heterocycles. The van der Waals surface area contributed by atoms with Crippen LogP contribution in [0.4, 0.5) is 0 Å². The molecule has 1 N–H and O–H groups in total. The van der Waals surface area contributed by atoms with E-state index >= 15 is 0 Å². The summed E-state index contributed by atoms with van der Waals surface area (Å²) in [4.78, 5) is 6.04. The first-order chi connectivity index (χ1) is 5.92. The SMILES string of the molecule is N#CNC1=NCOCN1C1CC1. The molecule has 5 nitrogen and oxygen atoms in total. The first kappa shape index (κ1) is 7.37. The molecule has 0 saturated heterocycles. The topological polar surface area (TPSA) is 60.6 Å². The standard InChI is InChI=1S/C7H10N4O/c8-3-9-7-10-4-12-5-11(7)6-1-2-6/h6H,1-2,4-5H2,(H,9,10). The number of hydrogen-bond acceptors (Lipinski definition) is 5. The molecule has 1 aliphatic heterocycles. The highest BCUT2D eigenvalue weighted by Gasteiger charge is 2.32. The van der Waals surface area contributed by atoms with Crippen molar-refractivity contribution in [2.75, 3.05) is 13.5 Å². The Morgan fingerprint density at radius 1 is 1.67 bits per heavy atom. The molecule has 0 radical (unpaired) electrons. The van der Waals surface area contributed by atoms with Crippen molar-refractivity contribution >= 4 is 5.96 Å². The van der Waals surface area contributed by atoms with E-state index < -0.39 is 0 Å². The van der Waals surface area contributed by atoms with E-state index in [1.54, 1.807) is 0 Å². The Morgan fingerprint density at radius 3 is 3.17 bits per heavy atom. The van der Waals surface area contributed by atoms with Gasteiger partial charge in [-0.15, -0.1) is 0 Å². The van der Waals surface area contributed by atoms with Crippen molar-refractivity contribution in [1.82, 2.24) is 10.2 Å². The van der Waals surface area contributed by atoms with Gasteiger partial charge in [0.05, 0.1) is 0 Å². The van der Waals surface area contributed by atoms with E-state index in [-0.39, 0.29) is 0 Å². The minimum Gasteiger partial charge on any atom is -0.339 e. The highest BCUT2D eigenvalue weighted by molar-refractivity contribution is 5.82. The van der Waals surface area contributed by atoms with Crippen LogP contribution in [0.25, 0.3) is 0 Å². The molecule has 1 aliphatic carbocycles. The zero-order chi connectivity index (χ0) is 8.39.